The van der Waals surface area contributed by atoms with Gasteiger partial charge in [0.25, 0.3) is 0 Å². The zero-order chi connectivity index (χ0) is 17.6. The summed E-state index contributed by atoms with van der Waals surface area (Å²) in [4.78, 5) is 12.2. The highest BCUT2D eigenvalue weighted by Crippen LogP contribution is 2.28. The summed E-state index contributed by atoms with van der Waals surface area (Å²) in [5.41, 5.74) is 0.685. The van der Waals surface area contributed by atoms with Crippen molar-refractivity contribution in [3.63, 3.8) is 0 Å². The summed E-state index contributed by atoms with van der Waals surface area (Å²) in [7, 11) is 3.16. The molecule has 0 spiro atoms. The highest BCUT2D eigenvalue weighted by molar-refractivity contribution is 5.96. The number of hydrogen-bond acceptors (Lipinski definition) is 4. The first-order valence-electron chi connectivity index (χ1n) is 8.85. The van der Waals surface area contributed by atoms with E-state index in [4.69, 9.17) is 14.7 Å². The van der Waals surface area contributed by atoms with Gasteiger partial charge < -0.3 is 9.47 Å². The minimum atomic E-state index is 0.160. The van der Waals surface area contributed by atoms with E-state index in [9.17, 15) is 4.79 Å². The third-order valence-corrected chi connectivity index (χ3v) is 4.15. The first-order valence-corrected chi connectivity index (χ1v) is 8.85. The maximum absolute atomic E-state index is 12.2. The molecule has 0 heterocycles. The normalized spacial score (nSPS) is 10.2. The molecule has 0 amide bonds. The minimum Gasteiger partial charge on any atom is -0.493 e. The summed E-state index contributed by atoms with van der Waals surface area (Å²) in [6.07, 6.45) is 10.3. The lowest BCUT2D eigenvalue weighted by Gasteiger charge is -2.09. The first kappa shape index (κ1) is 20.0. The number of carbonyl (C=O) groups excluding carboxylic acids is 1. The molecule has 0 N–H and O–H groups in total. The lowest BCUT2D eigenvalue weighted by molar-refractivity contribution is 0.0978. The Labute approximate surface area is 145 Å². The third kappa shape index (κ3) is 7.50. The predicted molar refractivity (Wildman–Crippen MR) is 95.7 cm³/mol. The van der Waals surface area contributed by atoms with Crippen molar-refractivity contribution in [3.05, 3.63) is 23.8 Å². The van der Waals surface area contributed by atoms with Crippen LogP contribution in [0.4, 0.5) is 0 Å². The Morgan fingerprint density at radius 2 is 1.50 bits per heavy atom. The van der Waals surface area contributed by atoms with Gasteiger partial charge in [-0.15, -0.1) is 0 Å². The highest BCUT2D eigenvalue weighted by atomic mass is 16.5. The fourth-order valence-electron chi connectivity index (χ4n) is 2.70. The van der Waals surface area contributed by atoms with Gasteiger partial charge in [-0.05, 0) is 31.0 Å². The second-order valence-electron chi connectivity index (χ2n) is 5.98. The van der Waals surface area contributed by atoms with E-state index >= 15 is 0 Å². The van der Waals surface area contributed by atoms with Crippen LogP contribution in [0, 0.1) is 11.3 Å². The van der Waals surface area contributed by atoms with Gasteiger partial charge in [0.05, 0.1) is 20.3 Å². The molecule has 1 aromatic carbocycles. The summed E-state index contributed by atoms with van der Waals surface area (Å²) in [6.45, 7) is 0. The molecule has 24 heavy (non-hydrogen) atoms. The predicted octanol–water partition coefficient (Wildman–Crippen LogP) is 5.31. The van der Waals surface area contributed by atoms with Crippen molar-refractivity contribution in [1.82, 2.24) is 0 Å². The monoisotopic (exact) mass is 331 g/mol. The fraction of sp³-hybridized carbons (Fsp3) is 0.600. The SMILES string of the molecule is COc1ccc(C(=O)CCCCCCCCCCC#N)cc1OC. The van der Waals surface area contributed by atoms with Crippen LogP contribution in [0.25, 0.3) is 0 Å². The zero-order valence-electron chi connectivity index (χ0n) is 15.0. The van der Waals surface area contributed by atoms with Crippen LogP contribution in [-0.2, 0) is 0 Å². The average molecular weight is 331 g/mol. The number of nitriles is 1. The Bertz CT molecular complexity index is 534. The van der Waals surface area contributed by atoms with Crippen molar-refractivity contribution in [3.8, 4) is 17.6 Å². The Balaban J connectivity index is 2.17. The number of unbranched alkanes of at least 4 members (excludes halogenated alkanes) is 8. The second kappa shape index (κ2) is 12.4. The molecule has 4 heteroatoms. The minimum absolute atomic E-state index is 0.160. The van der Waals surface area contributed by atoms with Gasteiger partial charge in [-0.2, -0.15) is 5.26 Å². The van der Waals surface area contributed by atoms with Gasteiger partial charge in [0.1, 0.15) is 0 Å². The van der Waals surface area contributed by atoms with Crippen molar-refractivity contribution in [2.75, 3.05) is 14.2 Å². The molecule has 0 saturated carbocycles. The maximum Gasteiger partial charge on any atom is 0.163 e. The number of ketones is 1. The van der Waals surface area contributed by atoms with Crippen molar-refractivity contribution in [1.29, 1.82) is 5.26 Å². The molecule has 4 nitrogen and oxygen atoms in total. The molecule has 1 rings (SSSR count). The number of benzene rings is 1. The Hall–Kier alpha value is -2.02. The van der Waals surface area contributed by atoms with E-state index in [1.165, 1.54) is 25.7 Å². The van der Waals surface area contributed by atoms with Gasteiger partial charge in [0.15, 0.2) is 17.3 Å². The van der Waals surface area contributed by atoms with Crippen LogP contribution in [0.5, 0.6) is 11.5 Å². The number of nitrogens with zero attached hydrogens (tertiary/aromatic N) is 1. The van der Waals surface area contributed by atoms with E-state index in [0.717, 1.165) is 25.7 Å². The summed E-state index contributed by atoms with van der Waals surface area (Å²) in [5, 5.41) is 8.46. The van der Waals surface area contributed by atoms with E-state index in [1.807, 2.05) is 0 Å². The van der Waals surface area contributed by atoms with E-state index in [0.29, 0.717) is 29.9 Å². The number of hydrogen-bond donors (Lipinski definition) is 0. The number of rotatable bonds is 13. The quantitative estimate of drug-likeness (QED) is 0.363. The third-order valence-electron chi connectivity index (χ3n) is 4.15. The van der Waals surface area contributed by atoms with E-state index in [1.54, 1.807) is 32.4 Å². The average Bonchev–Trinajstić information content (AvgIpc) is 2.62. The molecular formula is C20H29NO3. The Morgan fingerprint density at radius 1 is 0.917 bits per heavy atom. The van der Waals surface area contributed by atoms with Crippen molar-refractivity contribution in [2.24, 2.45) is 0 Å². The zero-order valence-corrected chi connectivity index (χ0v) is 15.0. The molecule has 0 atom stereocenters. The van der Waals surface area contributed by atoms with Crippen LogP contribution < -0.4 is 9.47 Å². The Morgan fingerprint density at radius 3 is 2.08 bits per heavy atom. The van der Waals surface area contributed by atoms with Gasteiger partial charge in [0.2, 0.25) is 0 Å². The summed E-state index contributed by atoms with van der Waals surface area (Å²) < 4.78 is 10.4. The standard InChI is InChI=1S/C20H29NO3/c1-23-19-14-13-17(16-20(19)24-2)18(22)12-10-8-6-4-3-5-7-9-11-15-21/h13-14,16H,3-12H2,1-2H3. The van der Waals surface area contributed by atoms with Gasteiger partial charge in [-0.1, -0.05) is 38.5 Å². The molecule has 1 aromatic rings. The molecule has 0 unspecified atom stereocenters. The molecule has 0 fully saturated rings. The summed E-state index contributed by atoms with van der Waals surface area (Å²) in [6, 6.07) is 7.50. The van der Waals surface area contributed by atoms with Crippen molar-refractivity contribution in [2.45, 2.75) is 64.2 Å². The Kier molecular flexibility index (Phi) is 10.4. The largest absolute Gasteiger partial charge is 0.493 e. The number of carbonyl (C=O) groups is 1. The molecular weight excluding hydrogens is 302 g/mol. The number of ether oxygens (including phenoxy) is 2. The lowest BCUT2D eigenvalue weighted by atomic mass is 10.0. The van der Waals surface area contributed by atoms with Gasteiger partial charge in [0, 0.05) is 18.4 Å². The van der Waals surface area contributed by atoms with Crippen LogP contribution >= 0.6 is 0 Å². The van der Waals surface area contributed by atoms with Gasteiger partial charge >= 0.3 is 0 Å². The van der Waals surface area contributed by atoms with Crippen LogP contribution in [0.2, 0.25) is 0 Å². The van der Waals surface area contributed by atoms with Crippen LogP contribution in [0.1, 0.15) is 74.6 Å². The summed E-state index contributed by atoms with van der Waals surface area (Å²) >= 11 is 0. The van der Waals surface area contributed by atoms with Gasteiger partial charge in [-0.25, -0.2) is 0 Å². The van der Waals surface area contributed by atoms with Crippen LogP contribution in [-0.4, -0.2) is 20.0 Å². The number of methoxy groups -OCH3 is 2. The highest BCUT2D eigenvalue weighted by Gasteiger charge is 2.10. The van der Waals surface area contributed by atoms with Crippen LogP contribution in [0.3, 0.4) is 0 Å². The van der Waals surface area contributed by atoms with Crippen molar-refractivity contribution >= 4 is 5.78 Å². The topological polar surface area (TPSA) is 59.3 Å². The molecule has 0 bridgehead atoms. The molecule has 0 saturated heterocycles. The number of Topliss-reactive ketones (excluding diaryl/α,β-unsaturated/α-hetero) is 1. The van der Waals surface area contributed by atoms with Gasteiger partial charge in [-0.3, -0.25) is 4.79 Å². The second-order valence-corrected chi connectivity index (χ2v) is 5.98. The summed E-state index contributed by atoms with van der Waals surface area (Å²) in [5.74, 6) is 1.40. The smallest absolute Gasteiger partial charge is 0.163 e. The molecule has 0 aliphatic heterocycles. The van der Waals surface area contributed by atoms with Crippen LogP contribution in [0.15, 0.2) is 18.2 Å². The van der Waals surface area contributed by atoms with Crippen molar-refractivity contribution < 1.29 is 14.3 Å². The molecule has 0 aliphatic carbocycles. The van der Waals surface area contributed by atoms with E-state index in [2.05, 4.69) is 6.07 Å². The molecule has 0 radical (unpaired) electrons. The molecule has 0 aliphatic rings. The van der Waals surface area contributed by atoms with E-state index in [-0.39, 0.29) is 5.78 Å². The maximum atomic E-state index is 12.2. The lowest BCUT2D eigenvalue weighted by Crippen LogP contribution is -2.00. The van der Waals surface area contributed by atoms with E-state index < -0.39 is 0 Å². The fourth-order valence-corrected chi connectivity index (χ4v) is 2.70. The molecule has 0 aromatic heterocycles. The first-order chi connectivity index (χ1) is 11.7. The molecule has 132 valence electrons.